The van der Waals surface area contributed by atoms with Gasteiger partial charge in [0.2, 0.25) is 0 Å². The predicted molar refractivity (Wildman–Crippen MR) is 57.8 cm³/mol. The fourth-order valence-electron chi connectivity index (χ4n) is 1.33. The van der Waals surface area contributed by atoms with Crippen LogP contribution in [0.15, 0.2) is 18.2 Å². The number of hydrogen-bond donors (Lipinski definition) is 0. The lowest BCUT2D eigenvalue weighted by atomic mass is 10.1. The first-order valence-electron chi connectivity index (χ1n) is 4.80. The van der Waals surface area contributed by atoms with Crippen molar-refractivity contribution in [2.45, 2.75) is 20.3 Å². The highest BCUT2D eigenvalue weighted by Gasteiger charge is 2.08. The maximum atomic E-state index is 11.3. The van der Waals surface area contributed by atoms with E-state index in [0.717, 1.165) is 11.1 Å². The van der Waals surface area contributed by atoms with Crippen LogP contribution >= 0.6 is 0 Å². The molecule has 0 unspecified atom stereocenters. The zero-order valence-corrected chi connectivity index (χ0v) is 8.91. The summed E-state index contributed by atoms with van der Waals surface area (Å²) in [4.78, 5) is 14.6. The average molecular weight is 203 g/mol. The fraction of sp³-hybridized carbons (Fsp3) is 0.333. The number of hydrogen-bond acceptors (Lipinski definition) is 2. The molecule has 0 heterocycles. The van der Waals surface area contributed by atoms with Crippen molar-refractivity contribution in [2.75, 3.05) is 6.61 Å². The van der Waals surface area contributed by atoms with Crippen LogP contribution in [-0.4, -0.2) is 12.6 Å². The molecular weight excluding hydrogens is 190 g/mol. The van der Waals surface area contributed by atoms with Crippen molar-refractivity contribution in [3.63, 3.8) is 0 Å². The molecule has 0 N–H and O–H groups in total. The number of carbonyl (C=O) groups excluding carboxylic acids is 1. The van der Waals surface area contributed by atoms with Crippen LogP contribution in [0.5, 0.6) is 0 Å². The van der Waals surface area contributed by atoms with Crippen molar-refractivity contribution < 1.29 is 9.53 Å². The van der Waals surface area contributed by atoms with Crippen LogP contribution in [-0.2, 0) is 16.0 Å². The minimum Gasteiger partial charge on any atom is -0.466 e. The smallest absolute Gasteiger partial charge is 0.308 e. The van der Waals surface area contributed by atoms with Gasteiger partial charge < -0.3 is 4.74 Å². The number of aryl methyl sites for hydroxylation is 1. The van der Waals surface area contributed by atoms with E-state index in [1.165, 1.54) is 0 Å². The van der Waals surface area contributed by atoms with Gasteiger partial charge in [-0.25, -0.2) is 4.85 Å². The highest BCUT2D eigenvalue weighted by atomic mass is 16.5. The molecule has 0 saturated carbocycles. The quantitative estimate of drug-likeness (QED) is 0.558. The number of carbonyl (C=O) groups is 1. The van der Waals surface area contributed by atoms with Crippen LogP contribution in [0.25, 0.3) is 4.85 Å². The zero-order chi connectivity index (χ0) is 11.3. The van der Waals surface area contributed by atoms with Gasteiger partial charge in [0.1, 0.15) is 0 Å². The van der Waals surface area contributed by atoms with Gasteiger partial charge >= 0.3 is 5.97 Å². The van der Waals surface area contributed by atoms with Crippen molar-refractivity contribution in [1.29, 1.82) is 0 Å². The SMILES string of the molecule is [C-]#[N+]c1ccc(C)cc1CC(=O)OCC. The molecule has 1 rings (SSSR count). The van der Waals surface area contributed by atoms with Crippen LogP contribution < -0.4 is 0 Å². The Labute approximate surface area is 89.5 Å². The Hall–Kier alpha value is -1.82. The molecule has 0 aliphatic carbocycles. The van der Waals surface area contributed by atoms with E-state index in [2.05, 4.69) is 4.85 Å². The summed E-state index contributed by atoms with van der Waals surface area (Å²) in [6.45, 7) is 11.0. The summed E-state index contributed by atoms with van der Waals surface area (Å²) in [6, 6.07) is 5.45. The summed E-state index contributed by atoms with van der Waals surface area (Å²) in [5, 5.41) is 0. The molecule has 0 fully saturated rings. The van der Waals surface area contributed by atoms with E-state index < -0.39 is 0 Å². The van der Waals surface area contributed by atoms with E-state index in [0.29, 0.717) is 12.3 Å². The van der Waals surface area contributed by atoms with Crippen molar-refractivity contribution in [1.82, 2.24) is 0 Å². The molecule has 1 aromatic carbocycles. The summed E-state index contributed by atoms with van der Waals surface area (Å²) >= 11 is 0. The molecule has 1 aromatic rings. The third kappa shape index (κ3) is 3.10. The third-order valence-corrected chi connectivity index (χ3v) is 2.00. The second kappa shape index (κ2) is 5.16. The van der Waals surface area contributed by atoms with Crippen LogP contribution in [0.3, 0.4) is 0 Å². The molecule has 0 saturated heterocycles. The molecule has 0 aliphatic rings. The number of benzene rings is 1. The maximum absolute atomic E-state index is 11.3. The summed E-state index contributed by atoms with van der Waals surface area (Å²) in [5.41, 5.74) is 2.30. The molecule has 0 amide bonds. The van der Waals surface area contributed by atoms with Crippen molar-refractivity contribution in [3.05, 3.63) is 40.7 Å². The monoisotopic (exact) mass is 203 g/mol. The first-order valence-corrected chi connectivity index (χ1v) is 4.80. The Bertz CT molecular complexity index is 405. The zero-order valence-electron chi connectivity index (χ0n) is 8.91. The first kappa shape index (κ1) is 11.3. The largest absolute Gasteiger partial charge is 0.466 e. The van der Waals surface area contributed by atoms with Crippen molar-refractivity contribution in [3.8, 4) is 0 Å². The average Bonchev–Trinajstić information content (AvgIpc) is 2.18. The van der Waals surface area contributed by atoms with E-state index >= 15 is 0 Å². The molecule has 15 heavy (non-hydrogen) atoms. The first-order chi connectivity index (χ1) is 7.17. The van der Waals surface area contributed by atoms with E-state index in [9.17, 15) is 4.79 Å². The molecule has 78 valence electrons. The van der Waals surface area contributed by atoms with Gasteiger partial charge in [-0.3, -0.25) is 4.79 Å². The Balaban J connectivity index is 2.88. The van der Waals surface area contributed by atoms with Crippen LogP contribution in [0.2, 0.25) is 0 Å². The standard InChI is InChI=1S/C12H13NO2/c1-4-15-12(14)8-10-7-9(2)5-6-11(10)13-3/h5-7H,4,8H2,1-2H3. The van der Waals surface area contributed by atoms with E-state index in [1.807, 2.05) is 19.1 Å². The van der Waals surface area contributed by atoms with Gasteiger partial charge in [-0.05, 0) is 19.4 Å². The molecule has 3 heteroatoms. The molecular formula is C12H13NO2. The molecule has 0 aliphatic heterocycles. The summed E-state index contributed by atoms with van der Waals surface area (Å²) in [5.74, 6) is -0.284. The lowest BCUT2D eigenvalue weighted by Crippen LogP contribution is -2.07. The number of rotatable bonds is 3. The molecule has 0 spiro atoms. The Morgan fingerprint density at radius 2 is 2.27 bits per heavy atom. The summed E-state index contributed by atoms with van der Waals surface area (Å²) < 4.78 is 4.84. The maximum Gasteiger partial charge on any atom is 0.308 e. The van der Waals surface area contributed by atoms with Gasteiger partial charge in [-0.1, -0.05) is 23.8 Å². The second-order valence-corrected chi connectivity index (χ2v) is 3.23. The highest BCUT2D eigenvalue weighted by Crippen LogP contribution is 2.21. The van der Waals surface area contributed by atoms with E-state index in [-0.39, 0.29) is 12.4 Å². The molecule has 3 nitrogen and oxygen atoms in total. The Morgan fingerprint density at radius 3 is 2.87 bits per heavy atom. The Kier molecular flexibility index (Phi) is 3.87. The highest BCUT2D eigenvalue weighted by molar-refractivity contribution is 5.75. The van der Waals surface area contributed by atoms with Gasteiger partial charge in [0.25, 0.3) is 0 Å². The lowest BCUT2D eigenvalue weighted by molar-refractivity contribution is -0.142. The molecule has 0 aromatic heterocycles. The second-order valence-electron chi connectivity index (χ2n) is 3.23. The van der Waals surface area contributed by atoms with Gasteiger partial charge in [0.15, 0.2) is 5.69 Å². The van der Waals surface area contributed by atoms with E-state index in [1.54, 1.807) is 13.0 Å². The van der Waals surface area contributed by atoms with Gasteiger partial charge in [0.05, 0.1) is 19.6 Å². The summed E-state index contributed by atoms with van der Waals surface area (Å²) in [6.07, 6.45) is 0.174. The predicted octanol–water partition coefficient (Wildman–Crippen LogP) is 2.65. The Morgan fingerprint density at radius 1 is 1.53 bits per heavy atom. The number of ether oxygens (including phenoxy) is 1. The molecule has 0 radical (unpaired) electrons. The van der Waals surface area contributed by atoms with Crippen LogP contribution in [0.1, 0.15) is 18.1 Å². The topological polar surface area (TPSA) is 30.7 Å². The molecule has 0 bridgehead atoms. The fourth-order valence-corrected chi connectivity index (χ4v) is 1.33. The van der Waals surface area contributed by atoms with Gasteiger partial charge in [-0.15, -0.1) is 0 Å². The minimum absolute atomic E-state index is 0.174. The third-order valence-electron chi connectivity index (χ3n) is 2.00. The van der Waals surface area contributed by atoms with Gasteiger partial charge in [0, 0.05) is 0 Å². The minimum atomic E-state index is -0.284. The lowest BCUT2D eigenvalue weighted by Gasteiger charge is -2.05. The number of esters is 1. The van der Waals surface area contributed by atoms with Crippen LogP contribution in [0, 0.1) is 13.5 Å². The molecule has 0 atom stereocenters. The summed E-state index contributed by atoms with van der Waals surface area (Å²) in [7, 11) is 0. The van der Waals surface area contributed by atoms with Crippen LogP contribution in [0.4, 0.5) is 5.69 Å². The normalized spacial score (nSPS) is 9.40. The van der Waals surface area contributed by atoms with Crippen molar-refractivity contribution in [2.24, 2.45) is 0 Å². The number of nitrogens with zero attached hydrogens (tertiary/aromatic N) is 1. The van der Waals surface area contributed by atoms with Gasteiger partial charge in [-0.2, -0.15) is 0 Å². The van der Waals surface area contributed by atoms with Crippen molar-refractivity contribution >= 4 is 11.7 Å². The van der Waals surface area contributed by atoms with E-state index in [4.69, 9.17) is 11.3 Å².